The molecule has 0 radical (unpaired) electrons. The van der Waals surface area contributed by atoms with Gasteiger partial charge in [0.05, 0.1) is 16.6 Å². The molecule has 0 bridgehead atoms. The van der Waals surface area contributed by atoms with Crippen molar-refractivity contribution < 1.29 is 0 Å². The Morgan fingerprint density at radius 1 is 1.39 bits per heavy atom. The molecule has 2 N–H and O–H groups in total. The lowest BCUT2D eigenvalue weighted by Gasteiger charge is -2.29. The van der Waals surface area contributed by atoms with Crippen molar-refractivity contribution >= 4 is 16.7 Å². The Hall–Kier alpha value is -1.62. The Kier molecular flexibility index (Phi) is 2.91. The highest BCUT2D eigenvalue weighted by Gasteiger charge is 2.18. The van der Waals surface area contributed by atoms with E-state index in [0.717, 1.165) is 35.5 Å². The summed E-state index contributed by atoms with van der Waals surface area (Å²) in [5.74, 6) is 0.966. The molecule has 2 aromatic heterocycles. The van der Waals surface area contributed by atoms with Crippen LogP contribution in [0.2, 0.25) is 0 Å². The lowest BCUT2D eigenvalue weighted by Crippen LogP contribution is -2.36. The van der Waals surface area contributed by atoms with E-state index < -0.39 is 0 Å². The van der Waals surface area contributed by atoms with Gasteiger partial charge in [0, 0.05) is 12.2 Å². The van der Waals surface area contributed by atoms with Crippen molar-refractivity contribution in [3.05, 3.63) is 18.0 Å². The molecule has 0 saturated carbocycles. The number of fused-ring (bicyclic) bond motifs is 1. The molecule has 0 aliphatic carbocycles. The number of nitrogens with one attached hydrogen (secondary N) is 2. The predicted octanol–water partition coefficient (Wildman–Crippen LogP) is 1.77. The fourth-order valence-corrected chi connectivity index (χ4v) is 2.58. The summed E-state index contributed by atoms with van der Waals surface area (Å²) in [4.78, 5) is 6.84. The molecule has 2 aromatic rings. The van der Waals surface area contributed by atoms with Crippen molar-refractivity contribution in [3.63, 3.8) is 0 Å². The van der Waals surface area contributed by atoms with Crippen LogP contribution in [0.4, 0.5) is 5.82 Å². The van der Waals surface area contributed by atoms with Crippen molar-refractivity contribution in [1.29, 1.82) is 0 Å². The zero-order chi connectivity index (χ0) is 12.5. The highest BCUT2D eigenvalue weighted by molar-refractivity contribution is 5.91. The van der Waals surface area contributed by atoms with Crippen molar-refractivity contribution in [3.8, 4) is 0 Å². The minimum atomic E-state index is 0.522. The molecule has 5 heteroatoms. The van der Waals surface area contributed by atoms with Crippen molar-refractivity contribution in [2.75, 3.05) is 25.5 Å². The van der Waals surface area contributed by atoms with E-state index in [9.17, 15) is 0 Å². The van der Waals surface area contributed by atoms with Crippen LogP contribution in [0.5, 0.6) is 0 Å². The summed E-state index contributed by atoms with van der Waals surface area (Å²) in [5.41, 5.74) is 2.06. The van der Waals surface area contributed by atoms with Crippen LogP contribution in [-0.4, -0.2) is 46.3 Å². The second-order valence-corrected chi connectivity index (χ2v) is 5.11. The third-order valence-corrected chi connectivity index (χ3v) is 3.72. The molecule has 0 atom stereocenters. The number of anilines is 1. The highest BCUT2D eigenvalue weighted by Crippen LogP contribution is 2.24. The van der Waals surface area contributed by atoms with Gasteiger partial charge in [-0.15, -0.1) is 0 Å². The standard InChI is InChI=1S/C13H19N5/c1-9-12-11(17-16-9)3-6-14-13(12)15-10-4-7-18(2)8-5-10/h3,6,10H,4-5,7-8H2,1-2H3,(H,14,15)(H,16,17). The molecule has 0 aromatic carbocycles. The van der Waals surface area contributed by atoms with Gasteiger partial charge in [0.2, 0.25) is 0 Å². The molecule has 18 heavy (non-hydrogen) atoms. The topological polar surface area (TPSA) is 56.8 Å². The van der Waals surface area contributed by atoms with Gasteiger partial charge in [0.15, 0.2) is 0 Å². The average molecular weight is 245 g/mol. The lowest BCUT2D eigenvalue weighted by molar-refractivity contribution is 0.264. The van der Waals surface area contributed by atoms with E-state index >= 15 is 0 Å². The fourth-order valence-electron chi connectivity index (χ4n) is 2.58. The molecule has 0 unspecified atom stereocenters. The predicted molar refractivity (Wildman–Crippen MR) is 72.8 cm³/mol. The Morgan fingerprint density at radius 3 is 2.94 bits per heavy atom. The van der Waals surface area contributed by atoms with Gasteiger partial charge in [0.25, 0.3) is 0 Å². The van der Waals surface area contributed by atoms with E-state index in [0.29, 0.717) is 6.04 Å². The molecule has 1 aliphatic heterocycles. The number of aryl methyl sites for hydroxylation is 1. The second-order valence-electron chi connectivity index (χ2n) is 5.11. The van der Waals surface area contributed by atoms with Crippen LogP contribution in [0.3, 0.4) is 0 Å². The molecular weight excluding hydrogens is 226 g/mol. The van der Waals surface area contributed by atoms with Crippen molar-refractivity contribution in [2.24, 2.45) is 0 Å². The maximum atomic E-state index is 4.47. The summed E-state index contributed by atoms with van der Waals surface area (Å²) in [6.45, 7) is 4.32. The maximum Gasteiger partial charge on any atom is 0.137 e. The first kappa shape index (κ1) is 11.5. The number of piperidine rings is 1. The van der Waals surface area contributed by atoms with Crippen molar-refractivity contribution in [1.82, 2.24) is 20.1 Å². The Morgan fingerprint density at radius 2 is 2.17 bits per heavy atom. The highest BCUT2D eigenvalue weighted by atomic mass is 15.1. The quantitative estimate of drug-likeness (QED) is 0.846. The summed E-state index contributed by atoms with van der Waals surface area (Å²) in [5, 5.41) is 12.0. The molecule has 5 nitrogen and oxygen atoms in total. The molecule has 1 aliphatic rings. The van der Waals surface area contributed by atoms with Crippen LogP contribution in [0, 0.1) is 6.92 Å². The van der Waals surface area contributed by atoms with Gasteiger partial charge >= 0.3 is 0 Å². The first-order valence-electron chi connectivity index (χ1n) is 6.49. The monoisotopic (exact) mass is 245 g/mol. The number of nitrogens with zero attached hydrogens (tertiary/aromatic N) is 3. The lowest BCUT2D eigenvalue weighted by atomic mass is 10.1. The van der Waals surface area contributed by atoms with Gasteiger partial charge in [-0.1, -0.05) is 0 Å². The minimum absolute atomic E-state index is 0.522. The zero-order valence-electron chi connectivity index (χ0n) is 10.9. The van der Waals surface area contributed by atoms with Crippen LogP contribution >= 0.6 is 0 Å². The molecule has 96 valence electrons. The van der Waals surface area contributed by atoms with Gasteiger partial charge < -0.3 is 10.2 Å². The maximum absolute atomic E-state index is 4.47. The molecule has 3 rings (SSSR count). The van der Waals surface area contributed by atoms with Crippen molar-refractivity contribution in [2.45, 2.75) is 25.8 Å². The van der Waals surface area contributed by atoms with E-state index in [1.165, 1.54) is 12.8 Å². The van der Waals surface area contributed by atoms with E-state index in [1.807, 2.05) is 19.2 Å². The van der Waals surface area contributed by atoms with Gasteiger partial charge in [-0.2, -0.15) is 5.10 Å². The SMILES string of the molecule is Cc1n[nH]c2ccnc(NC3CCN(C)CC3)c12. The first-order chi connectivity index (χ1) is 8.74. The summed E-state index contributed by atoms with van der Waals surface area (Å²) >= 11 is 0. The molecule has 3 heterocycles. The summed E-state index contributed by atoms with van der Waals surface area (Å²) in [7, 11) is 2.18. The number of rotatable bonds is 2. The van der Waals surface area contributed by atoms with Gasteiger partial charge in [-0.3, -0.25) is 5.10 Å². The second kappa shape index (κ2) is 4.57. The van der Waals surface area contributed by atoms with Crippen LogP contribution < -0.4 is 5.32 Å². The molecule has 0 spiro atoms. The summed E-state index contributed by atoms with van der Waals surface area (Å²) < 4.78 is 0. The fraction of sp³-hybridized carbons (Fsp3) is 0.538. The summed E-state index contributed by atoms with van der Waals surface area (Å²) in [6, 6.07) is 2.49. The Labute approximate surface area is 107 Å². The number of aromatic amines is 1. The van der Waals surface area contributed by atoms with Crippen LogP contribution in [-0.2, 0) is 0 Å². The van der Waals surface area contributed by atoms with Gasteiger partial charge in [-0.05, 0) is 46.0 Å². The average Bonchev–Trinajstić information content (AvgIpc) is 2.75. The third kappa shape index (κ3) is 2.06. The molecular formula is C13H19N5. The smallest absolute Gasteiger partial charge is 0.137 e. The molecule has 1 saturated heterocycles. The molecule has 1 fully saturated rings. The number of hydrogen-bond donors (Lipinski definition) is 2. The number of likely N-dealkylation sites (tertiary alicyclic amines) is 1. The number of hydrogen-bond acceptors (Lipinski definition) is 4. The Bertz CT molecular complexity index is 539. The van der Waals surface area contributed by atoms with Crippen LogP contribution in [0.15, 0.2) is 12.3 Å². The Balaban J connectivity index is 1.84. The van der Waals surface area contributed by atoms with Crippen LogP contribution in [0.1, 0.15) is 18.5 Å². The third-order valence-electron chi connectivity index (χ3n) is 3.72. The van der Waals surface area contributed by atoms with E-state index in [4.69, 9.17) is 0 Å². The minimum Gasteiger partial charge on any atom is -0.367 e. The van der Waals surface area contributed by atoms with Gasteiger partial charge in [-0.25, -0.2) is 4.98 Å². The molecule has 0 amide bonds. The van der Waals surface area contributed by atoms with Gasteiger partial charge in [0.1, 0.15) is 5.82 Å². The summed E-state index contributed by atoms with van der Waals surface area (Å²) in [6.07, 6.45) is 4.17. The largest absolute Gasteiger partial charge is 0.367 e. The zero-order valence-corrected chi connectivity index (χ0v) is 10.9. The number of pyridine rings is 1. The van der Waals surface area contributed by atoms with E-state index in [1.54, 1.807) is 0 Å². The van der Waals surface area contributed by atoms with E-state index in [2.05, 4.69) is 32.4 Å². The number of H-pyrrole nitrogens is 1. The van der Waals surface area contributed by atoms with E-state index in [-0.39, 0.29) is 0 Å². The normalized spacial score (nSPS) is 18.3. The van der Waals surface area contributed by atoms with Crippen LogP contribution in [0.25, 0.3) is 10.9 Å². The first-order valence-corrected chi connectivity index (χ1v) is 6.49. The number of aromatic nitrogens is 3.